The minimum Gasteiger partial charge on any atom is -0.392 e. The molecule has 33 heavy (non-hydrogen) atoms. The predicted octanol–water partition coefficient (Wildman–Crippen LogP) is 5.09. The Hall–Kier alpha value is -3.77. The zero-order valence-electron chi connectivity index (χ0n) is 18.4. The molecule has 1 N–H and O–H groups in total. The lowest BCUT2D eigenvalue weighted by Gasteiger charge is -2.28. The van der Waals surface area contributed by atoms with Crippen LogP contribution in [0.3, 0.4) is 0 Å². The fourth-order valence-electron chi connectivity index (χ4n) is 4.83. The van der Waals surface area contributed by atoms with Crippen LogP contribution in [0.4, 0.5) is 5.69 Å². The van der Waals surface area contributed by atoms with Gasteiger partial charge in [-0.25, -0.2) is 9.50 Å². The van der Waals surface area contributed by atoms with Crippen molar-refractivity contribution in [1.29, 1.82) is 0 Å². The summed E-state index contributed by atoms with van der Waals surface area (Å²) in [4.78, 5) is 11.7. The number of nitrogens with zero attached hydrogens (tertiary/aromatic N) is 5. The van der Waals surface area contributed by atoms with E-state index < -0.39 is 0 Å². The minimum atomic E-state index is -0.0410. The molecular formula is C27H25N5O. The second-order valence-corrected chi connectivity index (χ2v) is 8.59. The molecule has 1 saturated heterocycles. The highest BCUT2D eigenvalue weighted by Crippen LogP contribution is 2.32. The molecule has 6 heteroatoms. The maximum atomic E-state index is 9.69. The van der Waals surface area contributed by atoms with Crippen LogP contribution in [-0.4, -0.2) is 37.8 Å². The molecular weight excluding hydrogens is 410 g/mol. The molecule has 0 atom stereocenters. The summed E-state index contributed by atoms with van der Waals surface area (Å²) in [5.74, 6) is 0. The lowest BCUT2D eigenvalue weighted by molar-refractivity contribution is 0.283. The van der Waals surface area contributed by atoms with E-state index in [9.17, 15) is 5.11 Å². The summed E-state index contributed by atoms with van der Waals surface area (Å²) < 4.78 is 1.84. The number of piperidine rings is 1. The first-order valence-electron chi connectivity index (χ1n) is 11.5. The molecule has 6 rings (SSSR count). The molecule has 1 aliphatic rings. The van der Waals surface area contributed by atoms with Gasteiger partial charge in [0.15, 0.2) is 5.65 Å². The number of rotatable bonds is 4. The summed E-state index contributed by atoms with van der Waals surface area (Å²) in [5, 5.41) is 15.3. The zero-order chi connectivity index (χ0) is 22.2. The summed E-state index contributed by atoms with van der Waals surface area (Å²) >= 11 is 0. The van der Waals surface area contributed by atoms with E-state index in [2.05, 4.69) is 39.2 Å². The Kier molecular flexibility index (Phi) is 5.00. The van der Waals surface area contributed by atoms with Crippen LogP contribution in [0.2, 0.25) is 0 Å². The number of aliphatic hydroxyl groups is 1. The highest BCUT2D eigenvalue weighted by Gasteiger charge is 2.14. The molecule has 0 bridgehead atoms. The Morgan fingerprint density at radius 3 is 2.48 bits per heavy atom. The van der Waals surface area contributed by atoms with Gasteiger partial charge in [-0.15, -0.1) is 0 Å². The van der Waals surface area contributed by atoms with E-state index in [1.54, 1.807) is 6.20 Å². The fourth-order valence-corrected chi connectivity index (χ4v) is 4.83. The second kappa shape index (κ2) is 8.30. The molecule has 0 spiro atoms. The van der Waals surface area contributed by atoms with Crippen molar-refractivity contribution in [1.82, 2.24) is 19.6 Å². The number of pyridine rings is 1. The van der Waals surface area contributed by atoms with Crippen molar-refractivity contribution < 1.29 is 5.11 Å². The van der Waals surface area contributed by atoms with E-state index in [0.29, 0.717) is 0 Å². The van der Waals surface area contributed by atoms with Crippen LogP contribution in [0, 0.1) is 0 Å². The molecule has 0 unspecified atom stereocenters. The van der Waals surface area contributed by atoms with Gasteiger partial charge in [-0.3, -0.25) is 4.98 Å². The highest BCUT2D eigenvalue weighted by molar-refractivity contribution is 5.98. The smallest absolute Gasteiger partial charge is 0.162 e. The summed E-state index contributed by atoms with van der Waals surface area (Å²) in [6, 6.07) is 16.6. The highest BCUT2D eigenvalue weighted by atomic mass is 16.3. The first-order chi connectivity index (χ1) is 16.3. The molecule has 3 aromatic heterocycles. The summed E-state index contributed by atoms with van der Waals surface area (Å²) in [6.45, 7) is 2.25. The lowest BCUT2D eigenvalue weighted by atomic mass is 10.0. The van der Waals surface area contributed by atoms with E-state index in [1.165, 1.54) is 24.9 Å². The van der Waals surface area contributed by atoms with Gasteiger partial charge in [0.25, 0.3) is 0 Å². The quantitative estimate of drug-likeness (QED) is 0.426. The van der Waals surface area contributed by atoms with E-state index in [0.717, 1.165) is 57.5 Å². The molecule has 1 fully saturated rings. The molecule has 4 heterocycles. The van der Waals surface area contributed by atoms with Crippen LogP contribution in [0.1, 0.15) is 24.8 Å². The van der Waals surface area contributed by atoms with Gasteiger partial charge < -0.3 is 10.0 Å². The van der Waals surface area contributed by atoms with Crippen molar-refractivity contribution >= 4 is 22.2 Å². The molecule has 164 valence electrons. The van der Waals surface area contributed by atoms with Gasteiger partial charge in [0.1, 0.15) is 0 Å². The first-order valence-corrected chi connectivity index (χ1v) is 11.5. The molecule has 5 aromatic rings. The molecule has 0 aliphatic carbocycles. The van der Waals surface area contributed by atoms with Crippen molar-refractivity contribution in [3.05, 3.63) is 78.9 Å². The zero-order valence-corrected chi connectivity index (χ0v) is 18.4. The Morgan fingerprint density at radius 2 is 1.67 bits per heavy atom. The van der Waals surface area contributed by atoms with Gasteiger partial charge in [0.2, 0.25) is 0 Å². The van der Waals surface area contributed by atoms with E-state index in [4.69, 9.17) is 4.98 Å². The maximum absolute atomic E-state index is 9.69. The number of benzene rings is 2. The van der Waals surface area contributed by atoms with E-state index in [-0.39, 0.29) is 6.61 Å². The van der Waals surface area contributed by atoms with Crippen molar-refractivity contribution in [3.63, 3.8) is 0 Å². The van der Waals surface area contributed by atoms with E-state index in [1.807, 2.05) is 47.4 Å². The number of aromatic nitrogens is 4. The molecule has 2 aromatic carbocycles. The predicted molar refractivity (Wildman–Crippen MR) is 131 cm³/mol. The van der Waals surface area contributed by atoms with E-state index >= 15 is 0 Å². The third-order valence-corrected chi connectivity index (χ3v) is 6.59. The molecule has 6 nitrogen and oxygen atoms in total. The number of fused-ring (bicyclic) bond motifs is 2. The van der Waals surface area contributed by atoms with Crippen molar-refractivity contribution in [2.45, 2.75) is 25.9 Å². The second-order valence-electron chi connectivity index (χ2n) is 8.59. The molecule has 0 saturated carbocycles. The molecule has 0 amide bonds. The van der Waals surface area contributed by atoms with Crippen LogP contribution in [0.15, 0.2) is 73.3 Å². The average Bonchev–Trinajstić information content (AvgIpc) is 3.31. The average molecular weight is 436 g/mol. The van der Waals surface area contributed by atoms with Crippen LogP contribution in [0.5, 0.6) is 0 Å². The standard InChI is InChI=1S/C27H25N5O/c33-18-20-5-4-6-24-23(11-12-28-26(20)24)25-16-30-32-17-21(15-29-27(25)32)19-7-9-22(10-8-19)31-13-2-1-3-14-31/h4-12,15-17,33H,1-3,13-14,18H2. The van der Waals surface area contributed by atoms with Gasteiger partial charge in [-0.2, -0.15) is 5.10 Å². The largest absolute Gasteiger partial charge is 0.392 e. The summed E-state index contributed by atoms with van der Waals surface area (Å²) in [5.41, 5.74) is 7.83. The lowest BCUT2D eigenvalue weighted by Crippen LogP contribution is -2.29. The van der Waals surface area contributed by atoms with Crippen molar-refractivity contribution in [2.75, 3.05) is 18.0 Å². The fraction of sp³-hybridized carbons (Fsp3) is 0.222. The van der Waals surface area contributed by atoms with Crippen LogP contribution in [0.25, 0.3) is 38.8 Å². The Morgan fingerprint density at radius 1 is 0.818 bits per heavy atom. The van der Waals surface area contributed by atoms with Crippen LogP contribution >= 0.6 is 0 Å². The summed E-state index contributed by atoms with van der Waals surface area (Å²) in [7, 11) is 0. The van der Waals surface area contributed by atoms with Gasteiger partial charge in [-0.05, 0) is 48.6 Å². The van der Waals surface area contributed by atoms with Crippen LogP contribution < -0.4 is 4.90 Å². The van der Waals surface area contributed by atoms with Crippen LogP contribution in [-0.2, 0) is 6.61 Å². The number of hydrogen-bond acceptors (Lipinski definition) is 5. The van der Waals surface area contributed by atoms with Crippen molar-refractivity contribution in [3.8, 4) is 22.3 Å². The Labute approximate surface area is 192 Å². The normalized spacial score (nSPS) is 14.3. The van der Waals surface area contributed by atoms with Gasteiger partial charge in [0.05, 0.1) is 18.3 Å². The Balaban J connectivity index is 1.36. The number of hydrogen-bond donors (Lipinski definition) is 1. The van der Waals surface area contributed by atoms with Crippen molar-refractivity contribution in [2.24, 2.45) is 0 Å². The molecule has 1 aliphatic heterocycles. The number of aliphatic hydroxyl groups excluding tert-OH is 1. The van der Waals surface area contributed by atoms with Gasteiger partial charge in [-0.1, -0.05) is 30.3 Å². The summed E-state index contributed by atoms with van der Waals surface area (Å²) in [6.07, 6.45) is 11.5. The monoisotopic (exact) mass is 435 g/mol. The molecule has 0 radical (unpaired) electrons. The third kappa shape index (κ3) is 3.52. The number of para-hydroxylation sites is 1. The SMILES string of the molecule is OCc1cccc2c(-c3cnn4cc(-c5ccc(N6CCCCC6)cc5)cnc34)ccnc12. The Bertz CT molecular complexity index is 1430. The minimum absolute atomic E-state index is 0.0410. The first kappa shape index (κ1) is 19.9. The number of anilines is 1. The third-order valence-electron chi connectivity index (χ3n) is 6.59. The van der Waals surface area contributed by atoms with Gasteiger partial charge >= 0.3 is 0 Å². The topological polar surface area (TPSA) is 66.6 Å². The maximum Gasteiger partial charge on any atom is 0.162 e. The van der Waals surface area contributed by atoms with Gasteiger partial charge in [0, 0.05) is 59.4 Å².